The van der Waals surface area contributed by atoms with Gasteiger partial charge in [-0.05, 0) is 135 Å². The summed E-state index contributed by atoms with van der Waals surface area (Å²) in [4.78, 5) is 31.5. The van der Waals surface area contributed by atoms with Crippen LogP contribution in [0.1, 0.15) is 138 Å². The predicted octanol–water partition coefficient (Wildman–Crippen LogP) is 9.54. The van der Waals surface area contributed by atoms with E-state index in [1.807, 2.05) is 11.0 Å². The first kappa shape index (κ1) is 41.9. The average molecular weight is 766 g/mol. The van der Waals surface area contributed by atoms with Gasteiger partial charge < -0.3 is 20.5 Å². The molecule has 0 radical (unpaired) electrons. The lowest BCUT2D eigenvalue weighted by molar-refractivity contribution is -0.232. The van der Waals surface area contributed by atoms with Gasteiger partial charge in [-0.1, -0.05) is 67.2 Å². The summed E-state index contributed by atoms with van der Waals surface area (Å²) < 4.78 is 6.20. The monoisotopic (exact) mass is 766 g/mol. The molecule has 5 aliphatic carbocycles. The van der Waals surface area contributed by atoms with Crippen molar-refractivity contribution in [2.24, 2.45) is 61.9 Å². The van der Waals surface area contributed by atoms with Crippen molar-refractivity contribution in [3.05, 3.63) is 59.5 Å². The Hall–Kier alpha value is -3.77. The summed E-state index contributed by atoms with van der Waals surface area (Å²) in [6, 6.07) is 5.71. The number of aromatic nitrogens is 1. The van der Waals surface area contributed by atoms with Crippen LogP contribution in [0.3, 0.4) is 0 Å². The minimum Gasteiger partial charge on any atom is -0.481 e. The van der Waals surface area contributed by atoms with E-state index in [-0.39, 0.29) is 40.1 Å². The number of amidine groups is 1. The molecular weight excluding hydrogens is 699 g/mol. The second-order valence-corrected chi connectivity index (χ2v) is 20.4. The smallest absolute Gasteiger partial charge is 0.309 e. The zero-order chi connectivity index (χ0) is 41.4. The SMILES string of the molecule is C=C1C[C@]2(C(=N)N(CCN)C(=C)c3ccc(C#N)cn3)CC[C@]3(C)C(CC[C@H]4C3(C)CC[C@H]3C(C)(C)C(OC(=O)CC(C)(C)C(=O)O)CC[C@@]34C)C2=C1C(C)C. The number of nitrogens with zero attached hydrogens (tertiary/aromatic N) is 3. The van der Waals surface area contributed by atoms with Gasteiger partial charge >= 0.3 is 11.9 Å². The van der Waals surface area contributed by atoms with E-state index in [0.717, 1.165) is 63.4 Å². The van der Waals surface area contributed by atoms with Crippen LogP contribution in [-0.4, -0.2) is 52.0 Å². The maximum Gasteiger partial charge on any atom is 0.309 e. The van der Waals surface area contributed by atoms with Crippen molar-refractivity contribution in [3.63, 3.8) is 0 Å². The Balaban J connectivity index is 1.33. The molecule has 3 unspecified atom stereocenters. The van der Waals surface area contributed by atoms with E-state index in [4.69, 9.17) is 17.0 Å². The molecule has 0 bridgehead atoms. The molecular formula is C47H67N5O4. The summed E-state index contributed by atoms with van der Waals surface area (Å²) in [6.07, 6.45) is 9.86. The number of fused-ring (bicyclic) bond motifs is 7. The van der Waals surface area contributed by atoms with Gasteiger partial charge in [0.2, 0.25) is 0 Å². The number of carbonyl (C=O) groups excluding carboxylic acids is 1. The van der Waals surface area contributed by atoms with Gasteiger partial charge in [0.25, 0.3) is 0 Å². The van der Waals surface area contributed by atoms with E-state index < -0.39 is 22.8 Å². The number of nitriles is 1. The number of carboxylic acids is 1. The highest BCUT2D eigenvalue weighted by atomic mass is 16.5. The molecule has 4 saturated carbocycles. The van der Waals surface area contributed by atoms with E-state index in [1.165, 1.54) is 11.1 Å². The first-order valence-corrected chi connectivity index (χ1v) is 21.0. The topological polar surface area (TPSA) is 153 Å². The first-order valence-electron chi connectivity index (χ1n) is 21.0. The number of carbonyl (C=O) groups is 2. The lowest BCUT2D eigenvalue weighted by Gasteiger charge is -2.72. The van der Waals surface area contributed by atoms with Crippen LogP contribution in [0.2, 0.25) is 0 Å². The molecule has 4 fully saturated rings. The highest BCUT2D eigenvalue weighted by molar-refractivity contribution is 5.96. The Morgan fingerprint density at radius 1 is 1.07 bits per heavy atom. The van der Waals surface area contributed by atoms with E-state index in [2.05, 4.69) is 66.1 Å². The van der Waals surface area contributed by atoms with Crippen molar-refractivity contribution in [1.29, 1.82) is 10.7 Å². The molecule has 9 nitrogen and oxygen atoms in total. The summed E-state index contributed by atoms with van der Waals surface area (Å²) in [5.74, 6) is 0.571. The van der Waals surface area contributed by atoms with Crippen molar-refractivity contribution < 1.29 is 19.4 Å². The standard InChI is InChI=1S/C47H67N5O4/c1-28(2)38-29(3)24-47(40(50)52(23-22-48)30(4)33-14-12-31(26-49)27-51-33)21-20-45(10)32(39(38)47)13-15-35-44(9)18-17-36(56-37(53)25-42(5,6)41(54)55)43(7,8)34(44)16-19-46(35,45)11/h12,14,27-28,32,34-36,50H,3-4,13,15-25,48H2,1-2,5-11H3,(H,54,55)/t32?,34-,35+,36?,44-,45+,46?,47+/m0/s1. The lowest BCUT2D eigenvalue weighted by atomic mass is 9.33. The third-order valence-corrected chi connectivity index (χ3v) is 16.5. The molecule has 56 heavy (non-hydrogen) atoms. The predicted molar refractivity (Wildman–Crippen MR) is 221 cm³/mol. The second-order valence-electron chi connectivity index (χ2n) is 20.4. The molecule has 0 spiro atoms. The number of hydrogen-bond donors (Lipinski definition) is 3. The van der Waals surface area contributed by atoms with Gasteiger partial charge in [-0.3, -0.25) is 20.0 Å². The highest BCUT2D eigenvalue weighted by Gasteiger charge is 2.70. The van der Waals surface area contributed by atoms with Crippen LogP contribution in [0.15, 0.2) is 48.2 Å². The third-order valence-electron chi connectivity index (χ3n) is 16.5. The van der Waals surface area contributed by atoms with Gasteiger partial charge in [0.15, 0.2) is 0 Å². The largest absolute Gasteiger partial charge is 0.481 e. The fourth-order valence-electron chi connectivity index (χ4n) is 13.5. The molecule has 0 aromatic carbocycles. The van der Waals surface area contributed by atoms with Gasteiger partial charge in [-0.25, -0.2) is 0 Å². The summed E-state index contributed by atoms with van der Waals surface area (Å²) in [5.41, 5.74) is 10.2. The molecule has 9 heteroatoms. The van der Waals surface area contributed by atoms with E-state index in [0.29, 0.717) is 53.6 Å². The zero-order valence-electron chi connectivity index (χ0n) is 35.6. The van der Waals surface area contributed by atoms with Crippen LogP contribution in [0, 0.1) is 72.9 Å². The zero-order valence-corrected chi connectivity index (χ0v) is 35.6. The maximum absolute atomic E-state index is 13.2. The maximum atomic E-state index is 13.2. The van der Waals surface area contributed by atoms with E-state index in [1.54, 1.807) is 26.1 Å². The van der Waals surface area contributed by atoms with Gasteiger partial charge in [0, 0.05) is 24.7 Å². The van der Waals surface area contributed by atoms with Crippen molar-refractivity contribution in [2.45, 2.75) is 133 Å². The Morgan fingerprint density at radius 2 is 1.77 bits per heavy atom. The van der Waals surface area contributed by atoms with Crippen LogP contribution in [0.5, 0.6) is 0 Å². The number of rotatable bonds is 10. The summed E-state index contributed by atoms with van der Waals surface area (Å²) in [6.45, 7) is 30.0. The molecule has 0 amide bonds. The third kappa shape index (κ3) is 6.19. The molecule has 1 aromatic heterocycles. The number of esters is 1. The molecule has 1 aromatic rings. The fraction of sp³-hybridized carbons (Fsp3) is 0.681. The van der Waals surface area contributed by atoms with Crippen molar-refractivity contribution in [2.75, 3.05) is 13.1 Å². The van der Waals surface area contributed by atoms with Crippen LogP contribution < -0.4 is 5.73 Å². The normalized spacial score (nSPS) is 34.7. The lowest BCUT2D eigenvalue weighted by Crippen LogP contribution is -2.66. The second kappa shape index (κ2) is 14.3. The van der Waals surface area contributed by atoms with Gasteiger partial charge in [0.1, 0.15) is 18.0 Å². The average Bonchev–Trinajstić information content (AvgIpc) is 3.44. The Morgan fingerprint density at radius 3 is 2.36 bits per heavy atom. The number of carboxylic acid groups (broad SMARTS) is 1. The molecule has 0 saturated heterocycles. The van der Waals surface area contributed by atoms with Gasteiger partial charge in [0.05, 0.1) is 34.2 Å². The highest BCUT2D eigenvalue weighted by Crippen LogP contribution is 2.77. The molecule has 4 N–H and O–H groups in total. The number of pyridine rings is 1. The van der Waals surface area contributed by atoms with E-state index >= 15 is 0 Å². The number of aliphatic carboxylic acids is 1. The molecule has 5 aliphatic rings. The molecule has 8 atom stereocenters. The van der Waals surface area contributed by atoms with Crippen molar-refractivity contribution in [3.8, 4) is 6.07 Å². The minimum absolute atomic E-state index is 0.00797. The summed E-state index contributed by atoms with van der Waals surface area (Å²) in [7, 11) is 0. The number of nitrogens with one attached hydrogen (secondary N) is 1. The minimum atomic E-state index is -1.17. The summed E-state index contributed by atoms with van der Waals surface area (Å²) >= 11 is 0. The number of allylic oxidation sites excluding steroid dienone is 2. The molecule has 1 heterocycles. The number of ether oxygens (including phenoxy) is 1. The quantitative estimate of drug-likeness (QED) is 0.121. The van der Waals surface area contributed by atoms with Crippen LogP contribution in [-0.2, 0) is 14.3 Å². The first-order chi connectivity index (χ1) is 26.1. The van der Waals surface area contributed by atoms with Crippen LogP contribution in [0.4, 0.5) is 0 Å². The van der Waals surface area contributed by atoms with Crippen LogP contribution >= 0.6 is 0 Å². The van der Waals surface area contributed by atoms with Crippen LogP contribution in [0.25, 0.3) is 5.70 Å². The number of hydrogen-bond acceptors (Lipinski definition) is 7. The van der Waals surface area contributed by atoms with Gasteiger partial charge in [-0.2, -0.15) is 5.26 Å². The fourth-order valence-corrected chi connectivity index (χ4v) is 13.5. The molecule has 304 valence electrons. The molecule has 6 rings (SSSR count). The Kier molecular flexibility index (Phi) is 10.7. The Bertz CT molecular complexity index is 1890. The summed E-state index contributed by atoms with van der Waals surface area (Å²) in [5, 5.41) is 29.2. The molecule has 0 aliphatic heterocycles. The van der Waals surface area contributed by atoms with Crippen molar-refractivity contribution >= 4 is 23.5 Å². The van der Waals surface area contributed by atoms with Gasteiger partial charge in [-0.15, -0.1) is 0 Å². The van der Waals surface area contributed by atoms with E-state index in [9.17, 15) is 25.4 Å². The number of nitrogens with two attached hydrogens (primary N) is 1. The Labute approximate surface area is 335 Å². The van der Waals surface area contributed by atoms with Crippen molar-refractivity contribution in [1.82, 2.24) is 9.88 Å².